The highest BCUT2D eigenvalue weighted by Gasteiger charge is 2.34. The molecule has 0 fully saturated rings. The summed E-state index contributed by atoms with van der Waals surface area (Å²) in [6.45, 7) is 6.12. The van der Waals surface area contributed by atoms with Crippen molar-refractivity contribution in [2.24, 2.45) is 4.99 Å². The summed E-state index contributed by atoms with van der Waals surface area (Å²) < 4.78 is 9.46. The molecule has 5 rings (SSSR count). The van der Waals surface area contributed by atoms with Crippen LogP contribution >= 0.6 is 22.9 Å². The predicted octanol–water partition coefficient (Wildman–Crippen LogP) is 4.35. The Morgan fingerprint density at radius 1 is 1.22 bits per heavy atom. The lowest BCUT2D eigenvalue weighted by atomic mass is 9.96. The van der Waals surface area contributed by atoms with Crippen molar-refractivity contribution in [3.63, 3.8) is 0 Å². The molecular formula is C29H24ClN3O3S. The maximum Gasteiger partial charge on any atom is 0.338 e. The summed E-state index contributed by atoms with van der Waals surface area (Å²) in [7, 11) is 0. The molecule has 2 aromatic carbocycles. The van der Waals surface area contributed by atoms with Gasteiger partial charge in [-0.25, -0.2) is 9.79 Å². The van der Waals surface area contributed by atoms with Crippen LogP contribution in [0.4, 0.5) is 0 Å². The Kier molecular flexibility index (Phi) is 6.63. The Hall–Kier alpha value is -3.86. The smallest absolute Gasteiger partial charge is 0.338 e. The van der Waals surface area contributed by atoms with Gasteiger partial charge in [-0.3, -0.25) is 9.36 Å². The Balaban J connectivity index is 1.79. The summed E-state index contributed by atoms with van der Waals surface area (Å²) in [4.78, 5) is 32.1. The summed E-state index contributed by atoms with van der Waals surface area (Å²) in [6, 6.07) is 14.4. The molecule has 0 unspecified atom stereocenters. The van der Waals surface area contributed by atoms with Crippen LogP contribution in [0.1, 0.15) is 36.7 Å². The topological polar surface area (TPSA) is 65.6 Å². The molecule has 8 heteroatoms. The van der Waals surface area contributed by atoms with Gasteiger partial charge in [-0.05, 0) is 44.5 Å². The minimum Gasteiger partial charge on any atom is -0.463 e. The monoisotopic (exact) mass is 529 g/mol. The van der Waals surface area contributed by atoms with Crippen molar-refractivity contribution >= 4 is 45.9 Å². The fourth-order valence-corrected chi connectivity index (χ4v) is 6.12. The van der Waals surface area contributed by atoms with Crippen LogP contribution < -0.4 is 14.9 Å². The van der Waals surface area contributed by atoms with E-state index in [1.54, 1.807) is 24.5 Å². The highest BCUT2D eigenvalue weighted by molar-refractivity contribution is 7.07. The lowest BCUT2D eigenvalue weighted by molar-refractivity contribution is -0.139. The van der Waals surface area contributed by atoms with Crippen LogP contribution in [0.3, 0.4) is 0 Å². The standard InChI is InChI=1S/C29H24ClN3O3S/c1-5-15-32-18(4)21(19-11-8-10-14-23(19)32)16-24-27(34)33-26(20-12-7-9-13-22(20)30)25(28(35)36-6-2)17(3)31-29(33)37-24/h1,7-14,16,26H,6,15H2,2-4H3/b24-16-/t26-/m0/s1. The quantitative estimate of drug-likeness (QED) is 0.285. The van der Waals surface area contributed by atoms with Crippen molar-refractivity contribution < 1.29 is 9.53 Å². The molecule has 1 aliphatic rings. The van der Waals surface area contributed by atoms with Gasteiger partial charge in [-0.1, -0.05) is 65.3 Å². The van der Waals surface area contributed by atoms with Gasteiger partial charge in [0.05, 0.1) is 29.0 Å². The molecule has 2 aromatic heterocycles. The maximum atomic E-state index is 14.0. The molecule has 0 bridgehead atoms. The molecule has 0 saturated heterocycles. The number of ether oxygens (including phenoxy) is 1. The number of benzene rings is 2. The van der Waals surface area contributed by atoms with Gasteiger partial charge < -0.3 is 9.30 Å². The molecule has 0 amide bonds. The lowest BCUT2D eigenvalue weighted by Gasteiger charge is -2.25. The zero-order valence-corrected chi connectivity index (χ0v) is 22.2. The maximum absolute atomic E-state index is 14.0. The van der Waals surface area contributed by atoms with Crippen LogP contribution in [0.25, 0.3) is 17.0 Å². The molecule has 0 saturated carbocycles. The van der Waals surface area contributed by atoms with E-state index >= 15 is 0 Å². The van der Waals surface area contributed by atoms with Crippen LogP contribution in [0.15, 0.2) is 69.6 Å². The number of hydrogen-bond donors (Lipinski definition) is 0. The van der Waals surface area contributed by atoms with Gasteiger partial charge in [0, 0.05) is 27.2 Å². The number of rotatable bonds is 5. The normalized spacial score (nSPS) is 15.4. The Morgan fingerprint density at radius 3 is 2.68 bits per heavy atom. The molecule has 37 heavy (non-hydrogen) atoms. The Labute approximate surface area is 222 Å². The fraction of sp³-hybridized carbons (Fsp3) is 0.207. The third-order valence-corrected chi connectivity index (χ3v) is 7.85. The van der Waals surface area contributed by atoms with E-state index in [9.17, 15) is 9.59 Å². The van der Waals surface area contributed by atoms with Crippen LogP contribution in [-0.2, 0) is 16.1 Å². The molecule has 3 heterocycles. The number of esters is 1. The molecule has 0 N–H and O–H groups in total. The Bertz CT molecular complexity index is 1820. The van der Waals surface area contributed by atoms with Gasteiger partial charge in [0.25, 0.3) is 5.56 Å². The number of nitrogens with zero attached hydrogens (tertiary/aromatic N) is 3. The van der Waals surface area contributed by atoms with Crippen LogP contribution in [-0.4, -0.2) is 21.7 Å². The molecule has 0 aliphatic carbocycles. The van der Waals surface area contributed by atoms with Gasteiger partial charge in [0.1, 0.15) is 6.04 Å². The van der Waals surface area contributed by atoms with Gasteiger partial charge >= 0.3 is 5.97 Å². The fourth-order valence-electron chi connectivity index (χ4n) is 4.85. The first-order chi connectivity index (χ1) is 17.9. The number of hydrogen-bond acceptors (Lipinski definition) is 5. The first-order valence-electron chi connectivity index (χ1n) is 11.8. The van der Waals surface area contributed by atoms with E-state index in [0.29, 0.717) is 37.7 Å². The van der Waals surface area contributed by atoms with E-state index in [-0.39, 0.29) is 12.2 Å². The first-order valence-corrected chi connectivity index (χ1v) is 13.0. The average Bonchev–Trinajstić information content (AvgIpc) is 3.33. The largest absolute Gasteiger partial charge is 0.463 e. The van der Waals surface area contributed by atoms with Crippen LogP contribution in [0.5, 0.6) is 0 Å². The minimum absolute atomic E-state index is 0.205. The number of thiazole rings is 1. The summed E-state index contributed by atoms with van der Waals surface area (Å²) in [6.07, 6.45) is 7.52. The third-order valence-electron chi connectivity index (χ3n) is 6.52. The zero-order chi connectivity index (χ0) is 26.3. The summed E-state index contributed by atoms with van der Waals surface area (Å²) in [5.74, 6) is 2.20. The zero-order valence-electron chi connectivity index (χ0n) is 20.6. The van der Waals surface area contributed by atoms with Crippen molar-refractivity contribution in [3.05, 3.63) is 101 Å². The summed E-state index contributed by atoms with van der Waals surface area (Å²) in [5.41, 5.74) is 4.08. The Morgan fingerprint density at radius 2 is 1.95 bits per heavy atom. The second-order valence-corrected chi connectivity index (χ2v) is 10.0. The molecule has 186 valence electrons. The molecule has 0 spiro atoms. The number of carbonyl (C=O) groups is 1. The van der Waals surface area contributed by atoms with Crippen molar-refractivity contribution in [1.29, 1.82) is 0 Å². The van der Waals surface area contributed by atoms with E-state index in [1.165, 1.54) is 11.3 Å². The number of para-hydroxylation sites is 1. The van der Waals surface area contributed by atoms with E-state index < -0.39 is 12.0 Å². The molecule has 4 aromatic rings. The number of fused-ring (bicyclic) bond motifs is 2. The summed E-state index contributed by atoms with van der Waals surface area (Å²) in [5, 5.41) is 1.46. The van der Waals surface area contributed by atoms with Gasteiger partial charge in [0.15, 0.2) is 4.80 Å². The molecule has 0 radical (unpaired) electrons. The number of terminal acetylenes is 1. The van der Waals surface area contributed by atoms with Gasteiger partial charge in [-0.2, -0.15) is 0 Å². The van der Waals surface area contributed by atoms with E-state index in [1.807, 2.05) is 55.5 Å². The van der Waals surface area contributed by atoms with Crippen molar-refractivity contribution in [2.45, 2.75) is 33.4 Å². The first kappa shape index (κ1) is 24.8. The minimum atomic E-state index is -0.755. The number of carbonyl (C=O) groups excluding carboxylic acids is 1. The predicted molar refractivity (Wildman–Crippen MR) is 147 cm³/mol. The van der Waals surface area contributed by atoms with E-state index in [2.05, 4.69) is 15.5 Å². The van der Waals surface area contributed by atoms with Crippen LogP contribution in [0, 0.1) is 19.3 Å². The third kappa shape index (κ3) is 4.12. The molecule has 1 aliphatic heterocycles. The molecule has 1 atom stereocenters. The number of aromatic nitrogens is 2. The van der Waals surface area contributed by atoms with Gasteiger partial charge in [-0.15, -0.1) is 6.42 Å². The van der Waals surface area contributed by atoms with E-state index in [4.69, 9.17) is 22.8 Å². The van der Waals surface area contributed by atoms with Crippen molar-refractivity contribution in [1.82, 2.24) is 9.13 Å². The lowest BCUT2D eigenvalue weighted by Crippen LogP contribution is -2.40. The molecule has 6 nitrogen and oxygen atoms in total. The van der Waals surface area contributed by atoms with Gasteiger partial charge in [0.2, 0.25) is 0 Å². The van der Waals surface area contributed by atoms with Crippen LogP contribution in [0.2, 0.25) is 5.02 Å². The SMILES string of the molecule is C#CCn1c(C)c(/C=c2\sc3n(c2=O)[C@@H](c2ccccc2Cl)C(C(=O)OCC)=C(C)N=3)c2ccccc21. The molecular weight excluding hydrogens is 506 g/mol. The highest BCUT2D eigenvalue weighted by atomic mass is 35.5. The van der Waals surface area contributed by atoms with Crippen molar-refractivity contribution in [2.75, 3.05) is 6.61 Å². The highest BCUT2D eigenvalue weighted by Crippen LogP contribution is 2.34. The van der Waals surface area contributed by atoms with Crippen molar-refractivity contribution in [3.8, 4) is 12.3 Å². The number of allylic oxidation sites excluding steroid dienone is 1. The average molecular weight is 530 g/mol. The second kappa shape index (κ2) is 9.89. The summed E-state index contributed by atoms with van der Waals surface area (Å²) >= 11 is 7.86. The van der Waals surface area contributed by atoms with E-state index in [0.717, 1.165) is 22.2 Å². The number of halogens is 1. The second-order valence-electron chi connectivity index (χ2n) is 8.63.